The number of para-hydroxylation sites is 2. The molecule has 2 heterocycles. The molecule has 2 N–H and O–H groups in total. The van der Waals surface area contributed by atoms with E-state index in [9.17, 15) is 20.2 Å². The van der Waals surface area contributed by atoms with Gasteiger partial charge in [-0.05, 0) is 63.9 Å². The standard InChI is InChI=1S/C14H8BrNO3.C8H7BO3.C6H3BrINO2.CH3I/c15-9-5-6-10(13(7-9)16(17)18)12-8-19-14-4-2-1-3-11(12)14;10-9(11)7-5-12-8-4-2-1-3-6(7)8;7-4-1-2-5(8)6(3-4)9(10)11;1-2/h1-8H;1-5,10-11H;1-3H;1H3. The van der Waals surface area contributed by atoms with Gasteiger partial charge in [-0.1, -0.05) is 90.8 Å². The van der Waals surface area contributed by atoms with Crippen molar-refractivity contribution >= 4 is 123 Å². The zero-order valence-electron chi connectivity index (χ0n) is 22.6. The Bertz CT molecular complexity index is 1900. The van der Waals surface area contributed by atoms with Gasteiger partial charge >= 0.3 is 7.12 Å². The van der Waals surface area contributed by atoms with Gasteiger partial charge in [0, 0.05) is 42.9 Å². The van der Waals surface area contributed by atoms with E-state index in [0.717, 1.165) is 26.4 Å². The molecule has 0 atom stereocenters. The molecule has 10 nitrogen and oxygen atoms in total. The van der Waals surface area contributed by atoms with E-state index in [0.29, 0.717) is 24.7 Å². The van der Waals surface area contributed by atoms with E-state index >= 15 is 0 Å². The van der Waals surface area contributed by atoms with Crippen molar-refractivity contribution in [3.05, 3.63) is 130 Å². The summed E-state index contributed by atoms with van der Waals surface area (Å²) in [5.74, 6) is 0. The minimum atomic E-state index is -1.46. The van der Waals surface area contributed by atoms with Crippen LogP contribution in [0.2, 0.25) is 0 Å². The Balaban J connectivity index is 0.000000184. The number of alkyl halides is 1. The van der Waals surface area contributed by atoms with Crippen molar-refractivity contribution in [3.63, 3.8) is 0 Å². The molecule has 0 bridgehead atoms. The van der Waals surface area contributed by atoms with Gasteiger partial charge in [0.05, 0.1) is 31.5 Å². The molecule has 0 amide bonds. The second kappa shape index (κ2) is 17.0. The summed E-state index contributed by atoms with van der Waals surface area (Å²) in [6.45, 7) is 0. The summed E-state index contributed by atoms with van der Waals surface area (Å²) in [4.78, 5) is 22.7. The molecule has 0 radical (unpaired) electrons. The summed E-state index contributed by atoms with van der Waals surface area (Å²) < 4.78 is 12.6. The van der Waals surface area contributed by atoms with Crippen LogP contribution in [0.5, 0.6) is 0 Å². The largest absolute Gasteiger partial charge is 0.492 e. The number of nitrogens with zero attached hydrogens (tertiary/aromatic N) is 2. The highest BCUT2D eigenvalue weighted by atomic mass is 127. The third-order valence-electron chi connectivity index (χ3n) is 5.82. The highest BCUT2D eigenvalue weighted by Crippen LogP contribution is 2.37. The van der Waals surface area contributed by atoms with Gasteiger partial charge in [-0.2, -0.15) is 0 Å². The lowest BCUT2D eigenvalue weighted by Gasteiger charge is -2.01. The average Bonchev–Trinajstić information content (AvgIpc) is 3.65. The van der Waals surface area contributed by atoms with E-state index < -0.39 is 12.0 Å². The maximum absolute atomic E-state index is 11.2. The highest BCUT2D eigenvalue weighted by molar-refractivity contribution is 14.1. The van der Waals surface area contributed by atoms with Crippen LogP contribution in [0.25, 0.3) is 33.1 Å². The molecule has 15 heteroatoms. The van der Waals surface area contributed by atoms with Gasteiger partial charge < -0.3 is 18.9 Å². The molecule has 2 aromatic heterocycles. The second-order valence-corrected chi connectivity index (χ2v) is 11.5. The van der Waals surface area contributed by atoms with Crippen LogP contribution in [0, 0.1) is 23.8 Å². The third kappa shape index (κ3) is 9.10. The first kappa shape index (κ1) is 35.6. The molecule has 226 valence electrons. The van der Waals surface area contributed by atoms with E-state index in [1.54, 1.807) is 42.7 Å². The minimum absolute atomic E-state index is 0.0564. The fourth-order valence-corrected chi connectivity index (χ4v) is 5.12. The Hall–Kier alpha value is -2.84. The number of fused-ring (bicyclic) bond motifs is 2. The van der Waals surface area contributed by atoms with Crippen LogP contribution in [0.4, 0.5) is 11.4 Å². The molecular formula is C29H21BBr2I2N2O8. The van der Waals surface area contributed by atoms with Gasteiger partial charge in [0.2, 0.25) is 0 Å². The third-order valence-corrected chi connectivity index (χ3v) is 7.72. The number of halogens is 4. The van der Waals surface area contributed by atoms with Crippen LogP contribution >= 0.6 is 77.0 Å². The molecule has 0 saturated carbocycles. The van der Waals surface area contributed by atoms with Crippen molar-refractivity contribution in [2.45, 2.75) is 0 Å². The topological polar surface area (TPSA) is 153 Å². The van der Waals surface area contributed by atoms with Crippen LogP contribution in [-0.4, -0.2) is 31.9 Å². The molecule has 6 rings (SSSR count). The number of benzene rings is 4. The van der Waals surface area contributed by atoms with Gasteiger partial charge in [0.15, 0.2) is 0 Å². The Morgan fingerprint density at radius 2 is 1.20 bits per heavy atom. The lowest BCUT2D eigenvalue weighted by atomic mass is 9.80. The molecule has 0 aliphatic carbocycles. The van der Waals surface area contributed by atoms with Crippen LogP contribution in [0.1, 0.15) is 0 Å². The van der Waals surface area contributed by atoms with E-state index in [2.05, 4.69) is 54.5 Å². The molecule has 6 aromatic rings. The molecular weight excluding hydrogens is 929 g/mol. The van der Waals surface area contributed by atoms with Crippen molar-refractivity contribution in [3.8, 4) is 11.1 Å². The summed E-state index contributed by atoms with van der Waals surface area (Å²) in [5, 5.41) is 40.9. The van der Waals surface area contributed by atoms with E-state index in [-0.39, 0.29) is 16.3 Å². The maximum Gasteiger partial charge on any atom is 0.492 e. The van der Waals surface area contributed by atoms with E-state index in [4.69, 9.17) is 18.9 Å². The van der Waals surface area contributed by atoms with Crippen molar-refractivity contribution in [2.24, 2.45) is 0 Å². The van der Waals surface area contributed by atoms with Gasteiger partial charge in [-0.3, -0.25) is 20.2 Å². The lowest BCUT2D eigenvalue weighted by Crippen LogP contribution is -2.28. The fourth-order valence-electron chi connectivity index (χ4n) is 3.89. The quantitative estimate of drug-likeness (QED) is 0.0585. The van der Waals surface area contributed by atoms with Gasteiger partial charge in [0.1, 0.15) is 11.2 Å². The summed E-state index contributed by atoms with van der Waals surface area (Å²) >= 11 is 10.5. The monoisotopic (exact) mass is 948 g/mol. The summed E-state index contributed by atoms with van der Waals surface area (Å²) in [5.41, 5.74) is 3.27. The Labute approximate surface area is 295 Å². The molecule has 0 spiro atoms. The molecule has 44 heavy (non-hydrogen) atoms. The zero-order chi connectivity index (χ0) is 32.4. The maximum atomic E-state index is 11.2. The Kier molecular flexibility index (Phi) is 13.8. The molecule has 0 aliphatic heterocycles. The second-order valence-electron chi connectivity index (χ2n) is 8.48. The number of nitro groups is 2. The molecule has 0 fully saturated rings. The van der Waals surface area contributed by atoms with Crippen molar-refractivity contribution in [1.82, 2.24) is 0 Å². The fraction of sp³-hybridized carbons (Fsp3) is 0.0345. The Morgan fingerprint density at radius 1 is 0.705 bits per heavy atom. The number of rotatable bonds is 4. The van der Waals surface area contributed by atoms with E-state index in [1.165, 1.54) is 18.4 Å². The summed E-state index contributed by atoms with van der Waals surface area (Å²) in [7, 11) is -1.46. The SMILES string of the molecule is CI.O=[N+]([O-])c1cc(Br)ccc1-c1coc2ccccc12.O=[N+]([O-])c1cc(Br)ccc1I.OB(O)c1coc2ccccc12. The molecule has 0 aliphatic rings. The molecule has 4 aromatic carbocycles. The molecule has 0 saturated heterocycles. The smallest absolute Gasteiger partial charge is 0.465 e. The highest BCUT2D eigenvalue weighted by Gasteiger charge is 2.19. The number of hydrogen-bond donors (Lipinski definition) is 2. The van der Waals surface area contributed by atoms with Crippen molar-refractivity contribution in [1.29, 1.82) is 0 Å². The Morgan fingerprint density at radius 3 is 1.77 bits per heavy atom. The number of hydrogen-bond acceptors (Lipinski definition) is 8. The van der Waals surface area contributed by atoms with Crippen LogP contribution in [-0.2, 0) is 0 Å². The first-order valence-electron chi connectivity index (χ1n) is 12.3. The van der Waals surface area contributed by atoms with Gasteiger partial charge in [0.25, 0.3) is 11.4 Å². The van der Waals surface area contributed by atoms with Gasteiger partial charge in [-0.15, -0.1) is 0 Å². The minimum Gasteiger partial charge on any atom is -0.465 e. The van der Waals surface area contributed by atoms with E-state index in [1.807, 2.05) is 63.9 Å². The van der Waals surface area contributed by atoms with Crippen molar-refractivity contribution in [2.75, 3.05) is 4.93 Å². The van der Waals surface area contributed by atoms with Crippen LogP contribution < -0.4 is 5.46 Å². The van der Waals surface area contributed by atoms with Crippen LogP contribution in [0.3, 0.4) is 0 Å². The summed E-state index contributed by atoms with van der Waals surface area (Å²) in [6, 6.07) is 24.7. The molecule has 0 unspecified atom stereocenters. The zero-order valence-corrected chi connectivity index (χ0v) is 30.1. The van der Waals surface area contributed by atoms with Crippen molar-refractivity contribution < 1.29 is 28.7 Å². The predicted molar refractivity (Wildman–Crippen MR) is 196 cm³/mol. The average molecular weight is 950 g/mol. The van der Waals surface area contributed by atoms with Crippen LogP contribution in [0.15, 0.2) is 115 Å². The number of furan rings is 2. The van der Waals surface area contributed by atoms with Gasteiger partial charge in [-0.25, -0.2) is 0 Å². The predicted octanol–water partition coefficient (Wildman–Crippen LogP) is 8.90. The summed E-state index contributed by atoms with van der Waals surface area (Å²) in [6.07, 6.45) is 2.91. The normalized spacial score (nSPS) is 10.1. The lowest BCUT2D eigenvalue weighted by molar-refractivity contribution is -0.385. The first-order valence-corrected chi connectivity index (χ1v) is 17.1. The first-order chi connectivity index (χ1) is 21.1. The number of nitro benzene ring substituents is 2.